The topological polar surface area (TPSA) is 50.4 Å². The van der Waals surface area contributed by atoms with Crippen molar-refractivity contribution in [1.29, 1.82) is 0 Å². The van der Waals surface area contributed by atoms with E-state index >= 15 is 0 Å². The molecule has 0 aliphatic rings. The van der Waals surface area contributed by atoms with Crippen LogP contribution < -0.4 is 0 Å². The fraction of sp³-hybridized carbons (Fsp3) is 0. The Bertz CT molecular complexity index is 659. The zero-order valence-corrected chi connectivity index (χ0v) is 11.6. The van der Waals surface area contributed by atoms with Gasteiger partial charge < -0.3 is 9.52 Å². The molecule has 0 bridgehead atoms. The highest BCUT2D eigenvalue weighted by Crippen LogP contribution is 2.36. The Balaban J connectivity index is 2.38. The predicted molar refractivity (Wildman–Crippen MR) is 75.8 cm³/mol. The van der Waals surface area contributed by atoms with E-state index in [9.17, 15) is 4.79 Å². The van der Waals surface area contributed by atoms with Gasteiger partial charge in [-0.25, -0.2) is 4.79 Å². The van der Waals surface area contributed by atoms with Gasteiger partial charge in [0.15, 0.2) is 0 Å². The predicted octanol–water partition coefficient (Wildman–Crippen LogP) is 5.00. The molecule has 1 aromatic heterocycles. The summed E-state index contributed by atoms with van der Waals surface area (Å²) >= 11 is 17.8. The van der Waals surface area contributed by atoms with Gasteiger partial charge in [-0.3, -0.25) is 0 Å². The quantitative estimate of drug-likeness (QED) is 0.640. The lowest BCUT2D eigenvalue weighted by Gasteiger charge is -2.03. The molecule has 0 atom stereocenters. The van der Waals surface area contributed by atoms with E-state index in [0.29, 0.717) is 32.2 Å². The third kappa shape index (κ3) is 3.32. The summed E-state index contributed by atoms with van der Waals surface area (Å²) in [6, 6.07) is 6.42. The Morgan fingerprint density at radius 3 is 2.47 bits per heavy atom. The summed E-state index contributed by atoms with van der Waals surface area (Å²) in [5.74, 6) is -0.168. The third-order valence-electron chi connectivity index (χ3n) is 2.29. The van der Waals surface area contributed by atoms with Crippen molar-refractivity contribution >= 4 is 46.8 Å². The van der Waals surface area contributed by atoms with Crippen LogP contribution in [0.3, 0.4) is 0 Å². The lowest BCUT2D eigenvalue weighted by Crippen LogP contribution is -1.84. The number of furan rings is 1. The lowest BCUT2D eigenvalue weighted by molar-refractivity contribution is -0.131. The van der Waals surface area contributed by atoms with Crippen LogP contribution in [0.1, 0.15) is 5.76 Å². The van der Waals surface area contributed by atoms with Gasteiger partial charge in [0.1, 0.15) is 11.5 Å². The maximum absolute atomic E-state index is 10.4. The van der Waals surface area contributed by atoms with Crippen molar-refractivity contribution in [3.63, 3.8) is 0 Å². The number of carboxylic acid groups (broad SMARTS) is 1. The number of hydrogen-bond donors (Lipinski definition) is 1. The number of benzene rings is 1. The molecular weight excluding hydrogens is 310 g/mol. The van der Waals surface area contributed by atoms with E-state index in [0.717, 1.165) is 6.08 Å². The molecule has 19 heavy (non-hydrogen) atoms. The van der Waals surface area contributed by atoms with E-state index in [1.54, 1.807) is 18.2 Å². The smallest absolute Gasteiger partial charge is 0.328 e. The number of rotatable bonds is 3. The zero-order valence-electron chi connectivity index (χ0n) is 9.36. The van der Waals surface area contributed by atoms with Crippen molar-refractivity contribution in [2.75, 3.05) is 0 Å². The van der Waals surface area contributed by atoms with Gasteiger partial charge in [0.05, 0.1) is 15.1 Å². The van der Waals surface area contributed by atoms with Gasteiger partial charge in [0.25, 0.3) is 0 Å². The maximum atomic E-state index is 10.4. The minimum absolute atomic E-state index is 0.355. The van der Waals surface area contributed by atoms with Gasteiger partial charge in [-0.05, 0) is 30.3 Å². The van der Waals surface area contributed by atoms with Gasteiger partial charge in [-0.15, -0.1) is 0 Å². The fourth-order valence-corrected chi connectivity index (χ4v) is 2.09. The summed E-state index contributed by atoms with van der Waals surface area (Å²) in [5.41, 5.74) is 0.589. The molecular formula is C13H7Cl3O3. The first-order valence-corrected chi connectivity index (χ1v) is 6.26. The fourth-order valence-electron chi connectivity index (χ4n) is 1.45. The Hall–Kier alpha value is -1.42. The SMILES string of the molecule is O=C(O)C=Cc1ccc(-c2cc(Cl)c(Cl)cc2Cl)o1. The van der Waals surface area contributed by atoms with E-state index in [1.807, 2.05) is 0 Å². The Kier molecular flexibility index (Phi) is 4.20. The largest absolute Gasteiger partial charge is 0.478 e. The number of carboxylic acids is 1. The zero-order chi connectivity index (χ0) is 14.0. The second kappa shape index (κ2) is 5.70. The van der Waals surface area contributed by atoms with Crippen molar-refractivity contribution in [3.8, 4) is 11.3 Å². The van der Waals surface area contributed by atoms with Crippen molar-refractivity contribution in [3.05, 3.63) is 51.2 Å². The lowest BCUT2D eigenvalue weighted by atomic mass is 10.2. The average molecular weight is 318 g/mol. The molecule has 1 aromatic carbocycles. The van der Waals surface area contributed by atoms with Crippen molar-refractivity contribution in [2.24, 2.45) is 0 Å². The summed E-state index contributed by atoms with van der Waals surface area (Å²) in [6.45, 7) is 0. The van der Waals surface area contributed by atoms with Crippen LogP contribution in [0, 0.1) is 0 Å². The van der Waals surface area contributed by atoms with Crippen molar-refractivity contribution in [2.45, 2.75) is 0 Å². The molecule has 0 spiro atoms. The summed E-state index contributed by atoms with van der Waals surface area (Å²) in [7, 11) is 0. The van der Waals surface area contributed by atoms with Crippen LogP contribution in [0.4, 0.5) is 0 Å². The van der Waals surface area contributed by atoms with Crippen LogP contribution in [-0.2, 0) is 4.79 Å². The van der Waals surface area contributed by atoms with Gasteiger partial charge in [-0.2, -0.15) is 0 Å². The van der Waals surface area contributed by atoms with Crippen LogP contribution in [-0.4, -0.2) is 11.1 Å². The van der Waals surface area contributed by atoms with Crippen molar-refractivity contribution in [1.82, 2.24) is 0 Å². The molecule has 0 aliphatic carbocycles. The summed E-state index contributed by atoms with van der Waals surface area (Å²) in [6.07, 6.45) is 2.33. The van der Waals surface area contributed by atoms with Gasteiger partial charge in [-0.1, -0.05) is 34.8 Å². The van der Waals surface area contributed by atoms with Crippen LogP contribution in [0.15, 0.2) is 34.8 Å². The highest BCUT2D eigenvalue weighted by Gasteiger charge is 2.11. The molecule has 1 heterocycles. The second-order valence-electron chi connectivity index (χ2n) is 3.62. The Labute approximate surface area is 124 Å². The molecule has 0 radical (unpaired) electrons. The molecule has 2 rings (SSSR count). The van der Waals surface area contributed by atoms with E-state index < -0.39 is 5.97 Å². The highest BCUT2D eigenvalue weighted by atomic mass is 35.5. The van der Waals surface area contributed by atoms with E-state index in [2.05, 4.69) is 0 Å². The normalized spacial score (nSPS) is 11.1. The molecule has 0 amide bonds. The van der Waals surface area contributed by atoms with Crippen molar-refractivity contribution < 1.29 is 14.3 Å². The first-order chi connectivity index (χ1) is 8.97. The second-order valence-corrected chi connectivity index (χ2v) is 4.84. The van der Waals surface area contributed by atoms with Gasteiger partial charge >= 0.3 is 5.97 Å². The molecule has 1 N–H and O–H groups in total. The third-order valence-corrected chi connectivity index (χ3v) is 3.33. The first kappa shape index (κ1) is 14.0. The number of halogens is 3. The van der Waals surface area contributed by atoms with E-state index in [-0.39, 0.29) is 0 Å². The van der Waals surface area contributed by atoms with Crippen LogP contribution in [0.25, 0.3) is 17.4 Å². The number of hydrogen-bond acceptors (Lipinski definition) is 2. The van der Waals surface area contributed by atoms with E-state index in [4.69, 9.17) is 44.3 Å². The highest BCUT2D eigenvalue weighted by molar-refractivity contribution is 6.44. The Morgan fingerprint density at radius 1 is 1.11 bits per heavy atom. The van der Waals surface area contributed by atoms with Gasteiger partial charge in [0.2, 0.25) is 0 Å². The van der Waals surface area contributed by atoms with Gasteiger partial charge in [0, 0.05) is 11.6 Å². The molecule has 0 aliphatic heterocycles. The standard InChI is InChI=1S/C13H7Cl3O3/c14-9-6-11(16)10(15)5-8(9)12-3-1-7(19-12)2-4-13(17)18/h1-6H,(H,17,18). The molecule has 0 saturated carbocycles. The molecule has 0 unspecified atom stereocenters. The summed E-state index contributed by atoms with van der Waals surface area (Å²) < 4.78 is 5.46. The van der Waals surface area contributed by atoms with Crippen LogP contribution >= 0.6 is 34.8 Å². The average Bonchev–Trinajstić information content (AvgIpc) is 2.80. The van der Waals surface area contributed by atoms with E-state index in [1.165, 1.54) is 12.1 Å². The molecule has 98 valence electrons. The molecule has 6 heteroatoms. The molecule has 3 nitrogen and oxygen atoms in total. The molecule has 0 fully saturated rings. The maximum Gasteiger partial charge on any atom is 0.328 e. The molecule has 2 aromatic rings. The Morgan fingerprint density at radius 2 is 1.79 bits per heavy atom. The minimum Gasteiger partial charge on any atom is -0.478 e. The monoisotopic (exact) mass is 316 g/mol. The summed E-state index contributed by atoms with van der Waals surface area (Å²) in [5, 5.41) is 9.64. The number of carbonyl (C=O) groups is 1. The summed E-state index contributed by atoms with van der Waals surface area (Å²) in [4.78, 5) is 10.4. The van der Waals surface area contributed by atoms with Crippen LogP contribution in [0.5, 0.6) is 0 Å². The molecule has 0 saturated heterocycles. The minimum atomic E-state index is -1.05. The first-order valence-electron chi connectivity index (χ1n) is 5.13. The number of aliphatic carboxylic acids is 1. The van der Waals surface area contributed by atoms with Crippen LogP contribution in [0.2, 0.25) is 15.1 Å².